The van der Waals surface area contributed by atoms with Gasteiger partial charge in [-0.25, -0.2) is 8.42 Å². The molecular formula is C21H26N2O3S. The first kappa shape index (κ1) is 19.6. The third-order valence-corrected chi connectivity index (χ3v) is 7.02. The molecular weight excluding hydrogens is 360 g/mol. The first-order chi connectivity index (χ1) is 12.8. The maximum Gasteiger partial charge on any atom is 0.255 e. The highest BCUT2D eigenvalue weighted by molar-refractivity contribution is 7.89. The van der Waals surface area contributed by atoms with Crippen LogP contribution in [0.3, 0.4) is 0 Å². The summed E-state index contributed by atoms with van der Waals surface area (Å²) in [6.45, 7) is 6.77. The van der Waals surface area contributed by atoms with Crippen LogP contribution in [0.4, 0.5) is 5.69 Å². The molecule has 0 aromatic heterocycles. The Balaban J connectivity index is 1.92. The molecule has 6 heteroatoms. The summed E-state index contributed by atoms with van der Waals surface area (Å²) in [4.78, 5) is 13.1. The number of carbonyl (C=O) groups excluding carboxylic acids is 1. The van der Waals surface area contributed by atoms with Crippen LogP contribution in [0.1, 0.15) is 46.3 Å². The number of benzene rings is 2. The van der Waals surface area contributed by atoms with Gasteiger partial charge in [-0.2, -0.15) is 4.31 Å². The third kappa shape index (κ3) is 4.06. The lowest BCUT2D eigenvalue weighted by Gasteiger charge is -2.26. The molecule has 1 saturated heterocycles. The van der Waals surface area contributed by atoms with Crippen LogP contribution >= 0.6 is 0 Å². The Kier molecular flexibility index (Phi) is 5.67. The Morgan fingerprint density at radius 1 is 0.926 bits per heavy atom. The number of para-hydroxylation sites is 1. The van der Waals surface area contributed by atoms with Crippen molar-refractivity contribution >= 4 is 21.6 Å². The molecule has 1 aliphatic heterocycles. The van der Waals surface area contributed by atoms with Gasteiger partial charge in [0.2, 0.25) is 10.0 Å². The Labute approximate surface area is 161 Å². The number of sulfonamides is 1. The summed E-state index contributed by atoms with van der Waals surface area (Å²) in [7, 11) is -3.57. The van der Waals surface area contributed by atoms with Crippen LogP contribution in [-0.2, 0) is 10.0 Å². The van der Waals surface area contributed by atoms with E-state index in [4.69, 9.17) is 0 Å². The van der Waals surface area contributed by atoms with Crippen LogP contribution in [0, 0.1) is 20.8 Å². The van der Waals surface area contributed by atoms with E-state index in [1.165, 1.54) is 10.4 Å². The van der Waals surface area contributed by atoms with Crippen molar-refractivity contribution in [1.82, 2.24) is 4.31 Å². The standard InChI is InChI=1S/C21H26N2O3S/c1-15-10-11-18(27(25,26)23-12-5-4-6-13-23)14-19(15)21(24)22-20-16(2)8-7-9-17(20)3/h7-11,14H,4-6,12-13H2,1-3H3,(H,22,24). The fourth-order valence-corrected chi connectivity index (χ4v) is 5.00. The van der Waals surface area contributed by atoms with E-state index in [-0.39, 0.29) is 10.8 Å². The molecule has 144 valence electrons. The number of amides is 1. The van der Waals surface area contributed by atoms with Crippen LogP contribution in [0.2, 0.25) is 0 Å². The maximum atomic E-state index is 12.9. The highest BCUT2D eigenvalue weighted by atomic mass is 32.2. The van der Waals surface area contributed by atoms with Gasteiger partial charge in [-0.1, -0.05) is 30.7 Å². The van der Waals surface area contributed by atoms with E-state index in [2.05, 4.69) is 5.32 Å². The molecule has 0 atom stereocenters. The summed E-state index contributed by atoms with van der Waals surface area (Å²) in [6, 6.07) is 10.6. The number of hydrogen-bond acceptors (Lipinski definition) is 3. The summed E-state index contributed by atoms with van der Waals surface area (Å²) in [5.74, 6) is -0.291. The zero-order chi connectivity index (χ0) is 19.6. The van der Waals surface area contributed by atoms with E-state index in [9.17, 15) is 13.2 Å². The summed E-state index contributed by atoms with van der Waals surface area (Å²) in [6.07, 6.45) is 2.82. The monoisotopic (exact) mass is 386 g/mol. The largest absolute Gasteiger partial charge is 0.321 e. The Morgan fingerprint density at radius 2 is 1.56 bits per heavy atom. The Morgan fingerprint density at radius 3 is 2.19 bits per heavy atom. The van der Waals surface area contributed by atoms with Crippen molar-refractivity contribution in [3.63, 3.8) is 0 Å². The average molecular weight is 387 g/mol. The van der Waals surface area contributed by atoms with E-state index < -0.39 is 10.0 Å². The molecule has 1 aliphatic rings. The highest BCUT2D eigenvalue weighted by Crippen LogP contribution is 2.25. The first-order valence-electron chi connectivity index (χ1n) is 9.29. The van der Waals surface area contributed by atoms with Gasteiger partial charge in [0, 0.05) is 24.3 Å². The molecule has 0 spiro atoms. The molecule has 2 aromatic carbocycles. The van der Waals surface area contributed by atoms with Gasteiger partial charge < -0.3 is 5.32 Å². The molecule has 0 saturated carbocycles. The van der Waals surface area contributed by atoms with Gasteiger partial charge in [0.05, 0.1) is 4.90 Å². The molecule has 0 radical (unpaired) electrons. The smallest absolute Gasteiger partial charge is 0.255 e. The lowest BCUT2D eigenvalue weighted by Crippen LogP contribution is -2.35. The second-order valence-electron chi connectivity index (χ2n) is 7.16. The first-order valence-corrected chi connectivity index (χ1v) is 10.7. The van der Waals surface area contributed by atoms with Crippen LogP contribution in [0.25, 0.3) is 0 Å². The van der Waals surface area contributed by atoms with Crippen molar-refractivity contribution in [2.45, 2.75) is 44.9 Å². The van der Waals surface area contributed by atoms with Crippen molar-refractivity contribution in [2.75, 3.05) is 18.4 Å². The number of aryl methyl sites for hydroxylation is 3. The van der Waals surface area contributed by atoms with E-state index >= 15 is 0 Å². The minimum absolute atomic E-state index is 0.182. The molecule has 1 amide bonds. The third-order valence-electron chi connectivity index (χ3n) is 5.13. The fraction of sp³-hybridized carbons (Fsp3) is 0.381. The normalized spacial score (nSPS) is 15.5. The van der Waals surface area contributed by atoms with Gasteiger partial charge in [0.1, 0.15) is 0 Å². The fourth-order valence-electron chi connectivity index (χ4n) is 3.45. The molecule has 1 fully saturated rings. The van der Waals surface area contributed by atoms with E-state index in [0.29, 0.717) is 18.7 Å². The topological polar surface area (TPSA) is 66.5 Å². The number of carbonyl (C=O) groups is 1. The molecule has 0 aliphatic carbocycles. The highest BCUT2D eigenvalue weighted by Gasteiger charge is 2.27. The number of rotatable bonds is 4. The maximum absolute atomic E-state index is 12.9. The van der Waals surface area contributed by atoms with Crippen LogP contribution < -0.4 is 5.32 Å². The Bertz CT molecular complexity index is 941. The predicted molar refractivity (Wildman–Crippen MR) is 108 cm³/mol. The van der Waals surface area contributed by atoms with Crippen molar-refractivity contribution in [1.29, 1.82) is 0 Å². The summed E-state index contributed by atoms with van der Waals surface area (Å²) < 4.78 is 27.4. The molecule has 3 rings (SSSR count). The second-order valence-corrected chi connectivity index (χ2v) is 9.10. The number of anilines is 1. The lowest BCUT2D eigenvalue weighted by atomic mass is 10.1. The summed E-state index contributed by atoms with van der Waals surface area (Å²) in [5.41, 5.74) is 3.84. The molecule has 5 nitrogen and oxygen atoms in total. The molecule has 2 aromatic rings. The second kappa shape index (κ2) is 7.82. The zero-order valence-electron chi connectivity index (χ0n) is 16.1. The number of nitrogens with one attached hydrogen (secondary N) is 1. The molecule has 1 N–H and O–H groups in total. The molecule has 0 bridgehead atoms. The molecule has 1 heterocycles. The lowest BCUT2D eigenvalue weighted by molar-refractivity contribution is 0.102. The van der Waals surface area contributed by atoms with Crippen molar-refractivity contribution in [2.24, 2.45) is 0 Å². The van der Waals surface area contributed by atoms with Crippen LogP contribution in [-0.4, -0.2) is 31.7 Å². The van der Waals surface area contributed by atoms with Crippen molar-refractivity contribution < 1.29 is 13.2 Å². The Hall–Kier alpha value is -2.18. The van der Waals surface area contributed by atoms with Gasteiger partial charge >= 0.3 is 0 Å². The molecule has 27 heavy (non-hydrogen) atoms. The van der Waals surface area contributed by atoms with Gasteiger partial charge in [-0.3, -0.25) is 4.79 Å². The van der Waals surface area contributed by atoms with Gasteiger partial charge in [0.25, 0.3) is 5.91 Å². The molecule has 0 unspecified atom stereocenters. The quantitative estimate of drug-likeness (QED) is 0.862. The van der Waals surface area contributed by atoms with E-state index in [1.807, 2.05) is 39.0 Å². The minimum atomic E-state index is -3.57. The predicted octanol–water partition coefficient (Wildman–Crippen LogP) is 4.04. The van der Waals surface area contributed by atoms with E-state index in [1.54, 1.807) is 12.1 Å². The zero-order valence-corrected chi connectivity index (χ0v) is 16.9. The van der Waals surface area contributed by atoms with Gasteiger partial charge in [0.15, 0.2) is 0 Å². The van der Waals surface area contributed by atoms with Crippen LogP contribution in [0.5, 0.6) is 0 Å². The SMILES string of the molecule is Cc1ccc(S(=O)(=O)N2CCCCC2)cc1C(=O)Nc1c(C)cccc1C. The number of hydrogen-bond donors (Lipinski definition) is 1. The number of nitrogens with zero attached hydrogens (tertiary/aromatic N) is 1. The van der Waals surface area contributed by atoms with Gasteiger partial charge in [-0.15, -0.1) is 0 Å². The van der Waals surface area contributed by atoms with Gasteiger partial charge in [-0.05, 0) is 62.4 Å². The summed E-state index contributed by atoms with van der Waals surface area (Å²) >= 11 is 0. The average Bonchev–Trinajstić information content (AvgIpc) is 2.65. The van der Waals surface area contributed by atoms with Crippen molar-refractivity contribution in [3.05, 3.63) is 58.7 Å². The van der Waals surface area contributed by atoms with E-state index in [0.717, 1.165) is 41.6 Å². The van der Waals surface area contributed by atoms with Crippen molar-refractivity contribution in [3.8, 4) is 0 Å². The van der Waals surface area contributed by atoms with Crippen LogP contribution in [0.15, 0.2) is 41.3 Å². The summed E-state index contributed by atoms with van der Waals surface area (Å²) in [5, 5.41) is 2.95. The number of piperidine rings is 1. The minimum Gasteiger partial charge on any atom is -0.321 e.